The highest BCUT2D eigenvalue weighted by Crippen LogP contribution is 2.29. The average molecular weight is 364 g/mol. The Balaban J connectivity index is 2.13. The standard InChI is InChI=1S/C18H21FN2O3S/c1-10-14(25-17(21-10)18(2,3)4)15(22)20-9-13(16(23)24)11-5-7-12(19)8-6-11/h5-8,13H,9H2,1-4H3,(H,20,22)(H,23,24). The molecule has 2 N–H and O–H groups in total. The largest absolute Gasteiger partial charge is 0.481 e. The molecule has 0 aliphatic heterocycles. The molecule has 1 amide bonds. The molecular weight excluding hydrogens is 343 g/mol. The molecule has 2 rings (SSSR count). The first-order chi connectivity index (χ1) is 11.6. The van der Waals surface area contributed by atoms with Gasteiger partial charge in [0.15, 0.2) is 0 Å². The van der Waals surface area contributed by atoms with Crippen molar-refractivity contribution in [2.45, 2.75) is 39.0 Å². The van der Waals surface area contributed by atoms with E-state index in [9.17, 15) is 19.1 Å². The summed E-state index contributed by atoms with van der Waals surface area (Å²) in [6, 6.07) is 5.23. The van der Waals surface area contributed by atoms with Crippen LogP contribution in [0.3, 0.4) is 0 Å². The van der Waals surface area contributed by atoms with Gasteiger partial charge in [0.05, 0.1) is 16.6 Å². The zero-order valence-electron chi connectivity index (χ0n) is 14.6. The van der Waals surface area contributed by atoms with Crippen molar-refractivity contribution in [2.24, 2.45) is 0 Å². The number of aliphatic carboxylic acids is 1. The summed E-state index contributed by atoms with van der Waals surface area (Å²) in [6.07, 6.45) is 0. The molecule has 5 nitrogen and oxygen atoms in total. The molecule has 1 aromatic carbocycles. The third kappa shape index (κ3) is 4.63. The van der Waals surface area contributed by atoms with Crippen molar-refractivity contribution >= 4 is 23.2 Å². The number of carboxylic acids is 1. The second-order valence-electron chi connectivity index (χ2n) is 6.84. The van der Waals surface area contributed by atoms with E-state index >= 15 is 0 Å². The Morgan fingerprint density at radius 3 is 2.36 bits per heavy atom. The van der Waals surface area contributed by atoms with Crippen LogP contribution in [0.5, 0.6) is 0 Å². The molecule has 0 radical (unpaired) electrons. The van der Waals surface area contributed by atoms with Gasteiger partial charge in [-0.1, -0.05) is 32.9 Å². The predicted octanol–water partition coefficient (Wildman–Crippen LogP) is 3.49. The molecule has 0 saturated carbocycles. The summed E-state index contributed by atoms with van der Waals surface area (Å²) in [7, 11) is 0. The minimum Gasteiger partial charge on any atom is -0.481 e. The first-order valence-electron chi connectivity index (χ1n) is 7.84. The van der Waals surface area contributed by atoms with Crippen molar-refractivity contribution in [1.82, 2.24) is 10.3 Å². The van der Waals surface area contributed by atoms with Gasteiger partial charge in [-0.15, -0.1) is 11.3 Å². The van der Waals surface area contributed by atoms with Crippen LogP contribution in [-0.2, 0) is 10.2 Å². The Morgan fingerprint density at radius 2 is 1.88 bits per heavy atom. The molecule has 1 aromatic heterocycles. The van der Waals surface area contributed by atoms with Gasteiger partial charge < -0.3 is 10.4 Å². The van der Waals surface area contributed by atoms with Gasteiger partial charge in [-0.2, -0.15) is 0 Å². The van der Waals surface area contributed by atoms with E-state index in [4.69, 9.17) is 0 Å². The Morgan fingerprint density at radius 1 is 1.28 bits per heavy atom. The number of carbonyl (C=O) groups is 2. The molecule has 0 bridgehead atoms. The number of carbonyl (C=O) groups excluding carboxylic acids is 1. The Labute approximate surface area is 149 Å². The molecule has 0 aliphatic rings. The normalized spacial score (nSPS) is 12.7. The van der Waals surface area contributed by atoms with Crippen LogP contribution in [0.25, 0.3) is 0 Å². The predicted molar refractivity (Wildman–Crippen MR) is 94.7 cm³/mol. The highest BCUT2D eigenvalue weighted by Gasteiger charge is 2.25. The lowest BCUT2D eigenvalue weighted by molar-refractivity contribution is -0.138. The summed E-state index contributed by atoms with van der Waals surface area (Å²) in [5.74, 6) is -2.81. The number of thiazole rings is 1. The molecule has 0 fully saturated rings. The van der Waals surface area contributed by atoms with Gasteiger partial charge in [0.25, 0.3) is 5.91 Å². The monoisotopic (exact) mass is 364 g/mol. The lowest BCUT2D eigenvalue weighted by Crippen LogP contribution is -2.31. The minimum atomic E-state index is -1.08. The fourth-order valence-corrected chi connectivity index (χ4v) is 3.29. The van der Waals surface area contributed by atoms with Gasteiger partial charge in [-0.3, -0.25) is 9.59 Å². The molecule has 0 aliphatic carbocycles. The molecule has 2 aromatic rings. The first kappa shape index (κ1) is 19.1. The number of benzene rings is 1. The van der Waals surface area contributed by atoms with E-state index in [0.717, 1.165) is 5.01 Å². The van der Waals surface area contributed by atoms with Gasteiger partial charge in [0, 0.05) is 12.0 Å². The average Bonchev–Trinajstić information content (AvgIpc) is 2.91. The summed E-state index contributed by atoms with van der Waals surface area (Å²) in [4.78, 5) is 28.8. The quantitative estimate of drug-likeness (QED) is 0.851. The maximum atomic E-state index is 13.0. The fraction of sp³-hybridized carbons (Fsp3) is 0.389. The number of amides is 1. The molecule has 25 heavy (non-hydrogen) atoms. The Hall–Kier alpha value is -2.28. The van der Waals surface area contributed by atoms with Crippen molar-refractivity contribution < 1.29 is 19.1 Å². The minimum absolute atomic E-state index is 0.0814. The summed E-state index contributed by atoms with van der Waals surface area (Å²) < 4.78 is 13.0. The number of nitrogens with one attached hydrogen (secondary N) is 1. The first-order valence-corrected chi connectivity index (χ1v) is 8.65. The highest BCUT2D eigenvalue weighted by atomic mass is 32.1. The summed E-state index contributed by atoms with van der Waals surface area (Å²) in [6.45, 7) is 7.73. The Kier molecular flexibility index (Phi) is 5.57. The number of halogens is 1. The van der Waals surface area contributed by atoms with Crippen LogP contribution < -0.4 is 5.32 Å². The van der Waals surface area contributed by atoms with Crippen LogP contribution in [0, 0.1) is 12.7 Å². The van der Waals surface area contributed by atoms with Gasteiger partial charge in [0.1, 0.15) is 10.7 Å². The number of carboxylic acid groups (broad SMARTS) is 1. The van der Waals surface area contributed by atoms with Gasteiger partial charge >= 0.3 is 5.97 Å². The summed E-state index contributed by atoms with van der Waals surface area (Å²) >= 11 is 1.31. The second-order valence-corrected chi connectivity index (χ2v) is 7.84. The Bertz CT molecular complexity index is 779. The number of hydrogen-bond donors (Lipinski definition) is 2. The van der Waals surface area contributed by atoms with Crippen LogP contribution in [-0.4, -0.2) is 28.5 Å². The van der Waals surface area contributed by atoms with Crippen LogP contribution in [0.15, 0.2) is 24.3 Å². The topological polar surface area (TPSA) is 79.3 Å². The third-order valence-electron chi connectivity index (χ3n) is 3.68. The molecular formula is C18H21FN2O3S. The fourth-order valence-electron chi connectivity index (χ4n) is 2.25. The number of rotatable bonds is 5. The summed E-state index contributed by atoms with van der Waals surface area (Å²) in [5.41, 5.74) is 0.901. The SMILES string of the molecule is Cc1nc(C(C)(C)C)sc1C(=O)NCC(C(=O)O)c1ccc(F)cc1. The van der Waals surface area contributed by atoms with Gasteiger partial charge in [-0.05, 0) is 24.6 Å². The maximum Gasteiger partial charge on any atom is 0.312 e. The lowest BCUT2D eigenvalue weighted by atomic mass is 9.98. The number of nitrogens with zero attached hydrogens (tertiary/aromatic N) is 1. The van der Waals surface area contributed by atoms with E-state index in [0.29, 0.717) is 16.1 Å². The van der Waals surface area contributed by atoms with Crippen LogP contribution in [0.4, 0.5) is 4.39 Å². The van der Waals surface area contributed by atoms with Crippen molar-refractivity contribution in [3.8, 4) is 0 Å². The summed E-state index contributed by atoms with van der Waals surface area (Å²) in [5, 5.41) is 12.9. The molecule has 0 saturated heterocycles. The zero-order valence-corrected chi connectivity index (χ0v) is 15.4. The number of hydrogen-bond acceptors (Lipinski definition) is 4. The van der Waals surface area contributed by atoms with Gasteiger partial charge in [-0.25, -0.2) is 9.37 Å². The van der Waals surface area contributed by atoms with Crippen molar-refractivity contribution in [2.75, 3.05) is 6.54 Å². The molecule has 1 unspecified atom stereocenters. The second kappa shape index (κ2) is 7.31. The highest BCUT2D eigenvalue weighted by molar-refractivity contribution is 7.14. The van der Waals surface area contributed by atoms with Crippen molar-refractivity contribution in [3.63, 3.8) is 0 Å². The van der Waals surface area contributed by atoms with Crippen LogP contribution >= 0.6 is 11.3 Å². The van der Waals surface area contributed by atoms with E-state index in [1.54, 1.807) is 6.92 Å². The molecule has 7 heteroatoms. The molecule has 1 atom stereocenters. The number of aryl methyl sites for hydroxylation is 1. The maximum absolute atomic E-state index is 13.0. The van der Waals surface area contributed by atoms with Crippen molar-refractivity contribution in [3.05, 3.63) is 51.2 Å². The van der Waals surface area contributed by atoms with Crippen LogP contribution in [0.1, 0.15) is 52.6 Å². The van der Waals surface area contributed by atoms with E-state index in [1.165, 1.54) is 35.6 Å². The van der Waals surface area contributed by atoms with Crippen LogP contribution in [0.2, 0.25) is 0 Å². The van der Waals surface area contributed by atoms with Crippen molar-refractivity contribution in [1.29, 1.82) is 0 Å². The van der Waals surface area contributed by atoms with E-state index < -0.39 is 17.7 Å². The van der Waals surface area contributed by atoms with E-state index in [2.05, 4.69) is 10.3 Å². The smallest absolute Gasteiger partial charge is 0.312 e. The molecule has 134 valence electrons. The lowest BCUT2D eigenvalue weighted by Gasteiger charge is -2.14. The third-order valence-corrected chi connectivity index (χ3v) is 5.26. The van der Waals surface area contributed by atoms with E-state index in [1.807, 2.05) is 20.8 Å². The van der Waals surface area contributed by atoms with E-state index in [-0.39, 0.29) is 17.9 Å². The zero-order chi connectivity index (χ0) is 18.8. The number of aromatic nitrogens is 1. The molecule has 1 heterocycles. The van der Waals surface area contributed by atoms with Gasteiger partial charge in [0.2, 0.25) is 0 Å². The molecule has 0 spiro atoms.